The Kier molecular flexibility index (Phi) is 5.69. The van der Waals surface area contributed by atoms with Gasteiger partial charge in [-0.1, -0.05) is 47.0 Å². The number of carbonyl (C=O) groups excluding carboxylic acids is 1. The van der Waals surface area contributed by atoms with E-state index in [0.29, 0.717) is 11.4 Å². The highest BCUT2D eigenvalue weighted by molar-refractivity contribution is 9.09. The van der Waals surface area contributed by atoms with E-state index < -0.39 is 0 Å². The number of halogens is 1. The third-order valence-corrected chi connectivity index (χ3v) is 3.49. The summed E-state index contributed by atoms with van der Waals surface area (Å²) in [4.78, 5) is 12.3. The summed E-state index contributed by atoms with van der Waals surface area (Å²) in [6.07, 6.45) is 2.20. The Morgan fingerprint density at radius 1 is 1.41 bits per heavy atom. The van der Waals surface area contributed by atoms with Gasteiger partial charge in [-0.2, -0.15) is 0 Å². The van der Waals surface area contributed by atoms with E-state index in [4.69, 9.17) is 0 Å². The van der Waals surface area contributed by atoms with Crippen molar-refractivity contribution < 1.29 is 4.79 Å². The molecular formula is C14H20BrNO. The maximum atomic E-state index is 12.0. The van der Waals surface area contributed by atoms with Crippen molar-refractivity contribution in [2.45, 2.75) is 38.4 Å². The zero-order valence-corrected chi connectivity index (χ0v) is 12.3. The minimum atomic E-state index is 0.0167. The molecule has 1 atom stereocenters. The quantitative estimate of drug-likeness (QED) is 0.827. The van der Waals surface area contributed by atoms with Crippen LogP contribution in [0.4, 0.5) is 0 Å². The van der Waals surface area contributed by atoms with Crippen molar-refractivity contribution in [2.24, 2.45) is 0 Å². The second-order valence-corrected chi connectivity index (χ2v) is 5.71. The summed E-state index contributed by atoms with van der Waals surface area (Å²) < 4.78 is 0. The average molecular weight is 298 g/mol. The van der Waals surface area contributed by atoms with Crippen molar-refractivity contribution in [1.82, 2.24) is 5.32 Å². The summed E-state index contributed by atoms with van der Waals surface area (Å²) in [6, 6.07) is 5.90. The lowest BCUT2D eigenvalue weighted by atomic mass is 10.1. The molecular weight excluding hydrogens is 278 g/mol. The molecule has 1 aromatic carbocycles. The molecule has 1 amide bonds. The predicted molar refractivity (Wildman–Crippen MR) is 75.9 cm³/mol. The van der Waals surface area contributed by atoms with Crippen LogP contribution in [0.5, 0.6) is 0 Å². The molecule has 0 radical (unpaired) electrons. The molecule has 0 aliphatic carbocycles. The Labute approximate surface area is 112 Å². The van der Waals surface area contributed by atoms with Crippen molar-refractivity contribution in [2.75, 3.05) is 6.54 Å². The van der Waals surface area contributed by atoms with Crippen LogP contribution in [0.1, 0.15) is 41.3 Å². The van der Waals surface area contributed by atoms with Crippen molar-refractivity contribution >= 4 is 21.8 Å². The van der Waals surface area contributed by atoms with Gasteiger partial charge in [0.1, 0.15) is 0 Å². The Morgan fingerprint density at radius 3 is 2.71 bits per heavy atom. The van der Waals surface area contributed by atoms with Crippen LogP contribution in [0.2, 0.25) is 0 Å². The number of nitrogens with one attached hydrogen (secondary N) is 1. The van der Waals surface area contributed by atoms with Gasteiger partial charge in [-0.25, -0.2) is 0 Å². The molecule has 17 heavy (non-hydrogen) atoms. The van der Waals surface area contributed by atoms with Crippen molar-refractivity contribution in [1.29, 1.82) is 0 Å². The van der Waals surface area contributed by atoms with Crippen molar-refractivity contribution in [3.05, 3.63) is 34.9 Å². The molecule has 0 saturated carbocycles. The second-order valence-electron chi connectivity index (χ2n) is 4.41. The first-order valence-electron chi connectivity index (χ1n) is 6.04. The number of alkyl halides is 1. The minimum Gasteiger partial charge on any atom is -0.351 e. The van der Waals surface area contributed by atoms with Gasteiger partial charge in [-0.3, -0.25) is 4.79 Å². The standard InChI is InChI=1S/C14H20BrNO/c1-4-5-12(15)9-16-14(17)13-7-6-10(2)8-11(13)3/h6-8,12H,4-5,9H2,1-3H3,(H,16,17). The first-order chi connectivity index (χ1) is 8.04. The highest BCUT2D eigenvalue weighted by Gasteiger charge is 2.10. The average Bonchev–Trinajstić information content (AvgIpc) is 2.26. The maximum Gasteiger partial charge on any atom is 0.251 e. The monoisotopic (exact) mass is 297 g/mol. The SMILES string of the molecule is CCCC(Br)CNC(=O)c1ccc(C)cc1C. The predicted octanol–water partition coefficient (Wildman–Crippen LogP) is 3.60. The normalized spacial score (nSPS) is 12.2. The third-order valence-electron chi connectivity index (χ3n) is 2.71. The smallest absolute Gasteiger partial charge is 0.251 e. The van der Waals surface area contributed by atoms with Crippen molar-refractivity contribution in [3.63, 3.8) is 0 Å². The molecule has 0 aliphatic rings. The van der Waals surface area contributed by atoms with E-state index in [0.717, 1.165) is 24.0 Å². The lowest BCUT2D eigenvalue weighted by Gasteiger charge is -2.11. The van der Waals surface area contributed by atoms with Gasteiger partial charge in [0.2, 0.25) is 0 Å². The highest BCUT2D eigenvalue weighted by atomic mass is 79.9. The lowest BCUT2D eigenvalue weighted by molar-refractivity contribution is 0.0953. The lowest BCUT2D eigenvalue weighted by Crippen LogP contribution is -2.30. The van der Waals surface area contributed by atoms with Crippen LogP contribution >= 0.6 is 15.9 Å². The molecule has 0 saturated heterocycles. The summed E-state index contributed by atoms with van der Waals surface area (Å²) >= 11 is 3.55. The van der Waals surface area contributed by atoms with Gasteiger partial charge in [-0.05, 0) is 31.9 Å². The molecule has 3 heteroatoms. The van der Waals surface area contributed by atoms with E-state index in [1.807, 2.05) is 32.0 Å². The zero-order valence-electron chi connectivity index (χ0n) is 10.7. The number of amides is 1. The molecule has 0 fully saturated rings. The van der Waals surface area contributed by atoms with E-state index in [2.05, 4.69) is 28.2 Å². The Bertz CT molecular complexity index is 390. The fourth-order valence-corrected chi connectivity index (χ4v) is 2.40. The van der Waals surface area contributed by atoms with Crippen LogP contribution in [0.15, 0.2) is 18.2 Å². The maximum absolute atomic E-state index is 12.0. The molecule has 0 bridgehead atoms. The molecule has 94 valence electrons. The first kappa shape index (κ1) is 14.2. The number of benzene rings is 1. The van der Waals surface area contributed by atoms with E-state index in [1.54, 1.807) is 0 Å². The molecule has 0 spiro atoms. The topological polar surface area (TPSA) is 29.1 Å². The molecule has 0 heterocycles. The fourth-order valence-electron chi connectivity index (χ4n) is 1.78. The first-order valence-corrected chi connectivity index (χ1v) is 6.95. The minimum absolute atomic E-state index is 0.0167. The molecule has 1 N–H and O–H groups in total. The largest absolute Gasteiger partial charge is 0.351 e. The second kappa shape index (κ2) is 6.80. The summed E-state index contributed by atoms with van der Waals surface area (Å²) in [5, 5.41) is 2.96. The molecule has 1 aromatic rings. The molecule has 1 unspecified atom stereocenters. The Morgan fingerprint density at radius 2 is 2.12 bits per heavy atom. The number of aryl methyl sites for hydroxylation is 2. The fraction of sp³-hybridized carbons (Fsp3) is 0.500. The van der Waals surface area contributed by atoms with Gasteiger partial charge < -0.3 is 5.32 Å². The van der Waals surface area contributed by atoms with Crippen LogP contribution < -0.4 is 5.32 Å². The van der Waals surface area contributed by atoms with E-state index in [-0.39, 0.29) is 5.91 Å². The van der Waals surface area contributed by atoms with E-state index >= 15 is 0 Å². The summed E-state index contributed by atoms with van der Waals surface area (Å²) in [7, 11) is 0. The molecule has 0 aliphatic heterocycles. The Balaban J connectivity index is 2.58. The molecule has 1 rings (SSSR count). The van der Waals surface area contributed by atoms with Gasteiger partial charge in [0, 0.05) is 16.9 Å². The number of hydrogen-bond donors (Lipinski definition) is 1. The van der Waals surface area contributed by atoms with Gasteiger partial charge in [0.15, 0.2) is 0 Å². The molecule has 2 nitrogen and oxygen atoms in total. The van der Waals surface area contributed by atoms with Crippen LogP contribution in [-0.2, 0) is 0 Å². The van der Waals surface area contributed by atoms with Gasteiger partial charge >= 0.3 is 0 Å². The van der Waals surface area contributed by atoms with E-state index in [1.165, 1.54) is 5.56 Å². The van der Waals surface area contributed by atoms with E-state index in [9.17, 15) is 4.79 Å². The number of rotatable bonds is 5. The highest BCUT2D eigenvalue weighted by Crippen LogP contribution is 2.11. The van der Waals surface area contributed by atoms with Crippen LogP contribution in [-0.4, -0.2) is 17.3 Å². The molecule has 0 aromatic heterocycles. The van der Waals surface area contributed by atoms with Crippen LogP contribution in [0.25, 0.3) is 0 Å². The van der Waals surface area contributed by atoms with Gasteiger partial charge in [0.25, 0.3) is 5.91 Å². The Hall–Kier alpha value is -0.830. The van der Waals surface area contributed by atoms with Crippen molar-refractivity contribution in [3.8, 4) is 0 Å². The number of carbonyl (C=O) groups is 1. The van der Waals surface area contributed by atoms with Crippen LogP contribution in [0, 0.1) is 13.8 Å². The summed E-state index contributed by atoms with van der Waals surface area (Å²) in [5.74, 6) is 0.0167. The van der Waals surface area contributed by atoms with Crippen LogP contribution in [0.3, 0.4) is 0 Å². The number of hydrogen-bond acceptors (Lipinski definition) is 1. The summed E-state index contributed by atoms with van der Waals surface area (Å²) in [5.41, 5.74) is 2.99. The summed E-state index contributed by atoms with van der Waals surface area (Å²) in [6.45, 7) is 6.82. The zero-order chi connectivity index (χ0) is 12.8. The van der Waals surface area contributed by atoms with Gasteiger partial charge in [-0.15, -0.1) is 0 Å². The van der Waals surface area contributed by atoms with Gasteiger partial charge in [0.05, 0.1) is 0 Å². The third kappa shape index (κ3) is 4.50.